The van der Waals surface area contributed by atoms with Crippen LogP contribution in [0.5, 0.6) is 0 Å². The van der Waals surface area contributed by atoms with Crippen molar-refractivity contribution in [1.29, 1.82) is 0 Å². The Morgan fingerprint density at radius 3 is 2.84 bits per heavy atom. The van der Waals surface area contributed by atoms with E-state index in [4.69, 9.17) is 10.2 Å². The van der Waals surface area contributed by atoms with Crippen molar-refractivity contribution < 1.29 is 18.8 Å². The van der Waals surface area contributed by atoms with Gasteiger partial charge in [0.15, 0.2) is 0 Å². The summed E-state index contributed by atoms with van der Waals surface area (Å²) >= 11 is 1.60. The first-order valence-corrected chi connectivity index (χ1v) is 11.9. The number of likely N-dealkylation sites (tertiary alicyclic amines) is 1. The van der Waals surface area contributed by atoms with Crippen LogP contribution >= 0.6 is 11.8 Å². The summed E-state index contributed by atoms with van der Waals surface area (Å²) < 4.78 is 5.22. The third kappa shape index (κ3) is 5.68. The van der Waals surface area contributed by atoms with Crippen molar-refractivity contribution in [3.63, 3.8) is 0 Å². The van der Waals surface area contributed by atoms with Crippen molar-refractivity contribution in [3.05, 3.63) is 40.2 Å². The molecule has 2 atom stereocenters. The summed E-state index contributed by atoms with van der Waals surface area (Å²) in [6.45, 7) is 2.06. The van der Waals surface area contributed by atoms with Crippen LogP contribution in [0.1, 0.15) is 24.8 Å². The van der Waals surface area contributed by atoms with E-state index in [-0.39, 0.29) is 24.3 Å². The van der Waals surface area contributed by atoms with Crippen molar-refractivity contribution in [3.8, 4) is 0 Å². The molecule has 0 saturated carbocycles. The van der Waals surface area contributed by atoms with Gasteiger partial charge < -0.3 is 25.7 Å². The molecule has 1 aromatic carbocycles. The third-order valence-electron chi connectivity index (χ3n) is 5.48. The Labute approximate surface area is 190 Å². The number of aryl methyl sites for hydroxylation is 1. The smallest absolute Gasteiger partial charge is 0.336 e. The second-order valence-electron chi connectivity index (χ2n) is 7.80. The number of rotatable bonds is 8. The summed E-state index contributed by atoms with van der Waals surface area (Å²) in [6.07, 6.45) is 3.68. The van der Waals surface area contributed by atoms with Gasteiger partial charge in [-0.2, -0.15) is 11.8 Å². The summed E-state index contributed by atoms with van der Waals surface area (Å²) in [5, 5.41) is 6.16. The highest BCUT2D eigenvalue weighted by Gasteiger charge is 2.34. The molecule has 0 spiro atoms. The maximum absolute atomic E-state index is 12.9. The van der Waals surface area contributed by atoms with Crippen molar-refractivity contribution in [1.82, 2.24) is 10.2 Å². The molecular weight excluding hydrogens is 432 g/mol. The van der Waals surface area contributed by atoms with E-state index in [0.29, 0.717) is 37.1 Å². The number of thioether (sulfide) groups is 1. The van der Waals surface area contributed by atoms with Crippen LogP contribution in [0.4, 0.5) is 5.69 Å². The maximum Gasteiger partial charge on any atom is 0.336 e. The molecule has 10 heteroatoms. The largest absolute Gasteiger partial charge is 0.423 e. The van der Waals surface area contributed by atoms with Gasteiger partial charge in [0.2, 0.25) is 17.7 Å². The molecule has 1 aromatic heterocycles. The number of anilines is 1. The average molecular weight is 461 g/mol. The summed E-state index contributed by atoms with van der Waals surface area (Å²) in [6, 6.07) is 5.21. The standard InChI is InChI=1S/C22H28N4O5S/c1-13-10-20(28)31-18-11-14(5-6-15(13)18)25-22(30)17-4-3-8-26(17)19(27)12-24-21(29)16(23)7-9-32-2/h5-6,10-11,16-17H,3-4,7-9,12,23H2,1-2H3,(H,24,29)(H,25,30). The van der Waals surface area contributed by atoms with Gasteiger partial charge in [0, 0.05) is 29.8 Å². The number of carbonyl (C=O) groups is 3. The second kappa shape index (κ2) is 10.6. The highest BCUT2D eigenvalue weighted by Crippen LogP contribution is 2.23. The molecule has 0 aliphatic carbocycles. The minimum Gasteiger partial charge on any atom is -0.423 e. The highest BCUT2D eigenvalue weighted by atomic mass is 32.2. The van der Waals surface area contributed by atoms with E-state index >= 15 is 0 Å². The van der Waals surface area contributed by atoms with Crippen molar-refractivity contribution >= 4 is 46.1 Å². The van der Waals surface area contributed by atoms with Crippen molar-refractivity contribution in [2.75, 3.05) is 30.4 Å². The zero-order chi connectivity index (χ0) is 23.3. The Morgan fingerprint density at radius 2 is 2.09 bits per heavy atom. The Balaban J connectivity index is 1.61. The molecule has 2 heterocycles. The number of hydrogen-bond acceptors (Lipinski definition) is 7. The fourth-order valence-electron chi connectivity index (χ4n) is 3.74. The van der Waals surface area contributed by atoms with Gasteiger partial charge in [0.1, 0.15) is 11.6 Å². The average Bonchev–Trinajstić information content (AvgIpc) is 3.25. The lowest BCUT2D eigenvalue weighted by molar-refractivity contribution is -0.137. The lowest BCUT2D eigenvalue weighted by Crippen LogP contribution is -2.49. The molecule has 1 aliphatic heterocycles. The lowest BCUT2D eigenvalue weighted by Gasteiger charge is -2.24. The zero-order valence-electron chi connectivity index (χ0n) is 18.2. The summed E-state index contributed by atoms with van der Waals surface area (Å²) in [7, 11) is 0. The molecule has 1 saturated heterocycles. The van der Waals surface area contributed by atoms with Gasteiger partial charge in [-0.25, -0.2) is 4.79 Å². The molecular formula is C22H28N4O5S. The van der Waals surface area contributed by atoms with E-state index in [0.717, 1.165) is 16.7 Å². The molecule has 0 bridgehead atoms. The number of hydrogen-bond donors (Lipinski definition) is 3. The van der Waals surface area contributed by atoms with Crippen LogP contribution in [0, 0.1) is 6.92 Å². The van der Waals surface area contributed by atoms with Crippen molar-refractivity contribution in [2.45, 2.75) is 38.3 Å². The molecule has 172 valence electrons. The van der Waals surface area contributed by atoms with E-state index in [1.807, 2.05) is 13.2 Å². The Hall–Kier alpha value is -2.85. The molecule has 1 aliphatic rings. The maximum atomic E-state index is 12.9. The minimum atomic E-state index is -0.662. The zero-order valence-corrected chi connectivity index (χ0v) is 19.0. The van der Waals surface area contributed by atoms with E-state index in [1.54, 1.807) is 30.0 Å². The molecule has 3 rings (SSSR count). The highest BCUT2D eigenvalue weighted by molar-refractivity contribution is 7.98. The SMILES string of the molecule is CSCCC(N)C(=O)NCC(=O)N1CCCC1C(=O)Nc1ccc2c(C)cc(=O)oc2c1. The van der Waals surface area contributed by atoms with Gasteiger partial charge in [-0.3, -0.25) is 14.4 Å². The monoisotopic (exact) mass is 460 g/mol. The first kappa shape index (κ1) is 23.8. The van der Waals surface area contributed by atoms with E-state index in [9.17, 15) is 19.2 Å². The Morgan fingerprint density at radius 1 is 1.31 bits per heavy atom. The fourth-order valence-corrected chi connectivity index (χ4v) is 4.23. The Kier molecular flexibility index (Phi) is 7.92. The van der Waals surface area contributed by atoms with E-state index < -0.39 is 17.7 Å². The van der Waals surface area contributed by atoms with Crippen LogP contribution in [0.25, 0.3) is 11.0 Å². The van der Waals surface area contributed by atoms with Gasteiger partial charge in [0.25, 0.3) is 0 Å². The van der Waals surface area contributed by atoms with Crippen LogP contribution in [-0.4, -0.2) is 59.8 Å². The van der Waals surface area contributed by atoms with Gasteiger partial charge in [0.05, 0.1) is 12.6 Å². The minimum absolute atomic E-state index is 0.198. The number of nitrogens with two attached hydrogens (primary N) is 1. The number of carbonyl (C=O) groups excluding carboxylic acids is 3. The topological polar surface area (TPSA) is 135 Å². The molecule has 2 aromatic rings. The number of nitrogens with one attached hydrogen (secondary N) is 2. The Bertz CT molecular complexity index is 1070. The van der Waals surface area contributed by atoms with Crippen LogP contribution in [0.15, 0.2) is 33.5 Å². The molecule has 2 unspecified atom stereocenters. The summed E-state index contributed by atoms with van der Waals surface area (Å²) in [4.78, 5) is 50.7. The normalized spacial score (nSPS) is 16.7. The van der Waals surface area contributed by atoms with Crippen LogP contribution in [0.3, 0.4) is 0 Å². The van der Waals surface area contributed by atoms with Gasteiger partial charge in [-0.1, -0.05) is 0 Å². The predicted molar refractivity (Wildman–Crippen MR) is 125 cm³/mol. The molecule has 3 amide bonds. The van der Waals surface area contributed by atoms with E-state index in [2.05, 4.69) is 10.6 Å². The molecule has 0 radical (unpaired) electrons. The quantitative estimate of drug-likeness (QED) is 0.504. The fraction of sp³-hybridized carbons (Fsp3) is 0.455. The van der Waals surface area contributed by atoms with Gasteiger partial charge >= 0.3 is 5.63 Å². The first-order chi connectivity index (χ1) is 15.3. The first-order valence-electron chi connectivity index (χ1n) is 10.5. The molecule has 1 fully saturated rings. The van der Waals surface area contributed by atoms with Gasteiger partial charge in [-0.15, -0.1) is 0 Å². The molecule has 9 nitrogen and oxygen atoms in total. The number of nitrogens with zero attached hydrogens (tertiary/aromatic N) is 1. The summed E-state index contributed by atoms with van der Waals surface area (Å²) in [5.41, 5.74) is 7.01. The van der Waals surface area contributed by atoms with Crippen LogP contribution < -0.4 is 22.0 Å². The second-order valence-corrected chi connectivity index (χ2v) is 8.79. The summed E-state index contributed by atoms with van der Waals surface area (Å²) in [5.74, 6) is -0.267. The van der Waals surface area contributed by atoms with Crippen molar-refractivity contribution in [2.24, 2.45) is 5.73 Å². The number of fused-ring (bicyclic) bond motifs is 1. The number of amides is 3. The molecule has 4 N–H and O–H groups in total. The molecule has 32 heavy (non-hydrogen) atoms. The third-order valence-corrected chi connectivity index (χ3v) is 6.12. The number of benzene rings is 1. The van der Waals surface area contributed by atoms with Crippen LogP contribution in [0.2, 0.25) is 0 Å². The lowest BCUT2D eigenvalue weighted by atomic mass is 10.1. The van der Waals surface area contributed by atoms with Gasteiger partial charge in [-0.05, 0) is 55.9 Å². The predicted octanol–water partition coefficient (Wildman–Crippen LogP) is 1.23. The van der Waals surface area contributed by atoms with E-state index in [1.165, 1.54) is 11.0 Å². The van der Waals surface area contributed by atoms with Crippen LogP contribution in [-0.2, 0) is 14.4 Å².